The van der Waals surface area contributed by atoms with E-state index in [0.717, 1.165) is 0 Å². The van der Waals surface area contributed by atoms with Crippen molar-refractivity contribution in [3.05, 3.63) is 24.2 Å². The molecule has 1 heterocycles. The monoisotopic (exact) mass is 191 g/mol. The molecule has 5 heteroatoms. The van der Waals surface area contributed by atoms with E-state index in [1.807, 2.05) is 0 Å². The van der Waals surface area contributed by atoms with Gasteiger partial charge in [0.2, 0.25) is 0 Å². The molecule has 0 fully saturated rings. The van der Waals surface area contributed by atoms with Crippen LogP contribution in [-0.4, -0.2) is 17.1 Å². The fourth-order valence-electron chi connectivity index (χ4n) is 0.733. The van der Waals surface area contributed by atoms with E-state index < -0.39 is 12.0 Å². The molecule has 4 nitrogen and oxygen atoms in total. The number of carbonyl (C=O) groups is 1. The summed E-state index contributed by atoms with van der Waals surface area (Å²) in [6.07, 6.45) is 1.73. The quantitative estimate of drug-likeness (QED) is 0.736. The van der Waals surface area contributed by atoms with Gasteiger partial charge in [0.15, 0.2) is 0 Å². The van der Waals surface area contributed by atoms with Gasteiger partial charge in [-0.05, 0) is 12.1 Å². The number of nitrogens with two attached hydrogens (primary N) is 1. The Bertz CT molecular complexity index is 235. The molecule has 0 saturated carbocycles. The van der Waals surface area contributed by atoms with E-state index in [-0.39, 0.29) is 18.8 Å². The van der Waals surface area contributed by atoms with Crippen LogP contribution in [0.1, 0.15) is 5.76 Å². The number of rotatable bonds is 3. The Labute approximate surface area is 75.8 Å². The highest BCUT2D eigenvalue weighted by atomic mass is 35.5. The Morgan fingerprint density at radius 2 is 2.42 bits per heavy atom. The Hall–Kier alpha value is -1.00. The van der Waals surface area contributed by atoms with Crippen molar-refractivity contribution in [1.82, 2.24) is 0 Å². The topological polar surface area (TPSA) is 76.5 Å². The van der Waals surface area contributed by atoms with Crippen LogP contribution in [0.2, 0.25) is 0 Å². The molecule has 68 valence electrons. The maximum atomic E-state index is 10.3. The second kappa shape index (κ2) is 4.79. The van der Waals surface area contributed by atoms with Crippen molar-refractivity contribution in [2.24, 2.45) is 5.73 Å². The minimum Gasteiger partial charge on any atom is -0.480 e. The fourth-order valence-corrected chi connectivity index (χ4v) is 0.733. The van der Waals surface area contributed by atoms with Gasteiger partial charge in [0.05, 0.1) is 6.26 Å². The zero-order chi connectivity index (χ0) is 8.27. The molecule has 0 radical (unpaired) electrons. The molecule has 0 amide bonds. The highest BCUT2D eigenvalue weighted by molar-refractivity contribution is 5.85. The van der Waals surface area contributed by atoms with E-state index in [1.54, 1.807) is 12.1 Å². The standard InChI is InChI=1S/C7H9NO3.ClH/c8-6(7(9)10)4-5-2-1-3-11-5;/h1-3,6H,4,8H2,(H,9,10);1H. The van der Waals surface area contributed by atoms with Crippen molar-refractivity contribution in [1.29, 1.82) is 0 Å². The third-order valence-electron chi connectivity index (χ3n) is 1.32. The summed E-state index contributed by atoms with van der Waals surface area (Å²) in [7, 11) is 0. The van der Waals surface area contributed by atoms with Crippen LogP contribution in [0.25, 0.3) is 0 Å². The summed E-state index contributed by atoms with van der Waals surface area (Å²) in [5, 5.41) is 8.41. The van der Waals surface area contributed by atoms with Crippen molar-refractivity contribution in [3.8, 4) is 0 Å². The smallest absolute Gasteiger partial charge is 0.320 e. The van der Waals surface area contributed by atoms with E-state index >= 15 is 0 Å². The van der Waals surface area contributed by atoms with Gasteiger partial charge in [-0.1, -0.05) is 0 Å². The summed E-state index contributed by atoms with van der Waals surface area (Å²) >= 11 is 0. The predicted octanol–water partition coefficient (Wildman–Crippen LogP) is 0.656. The Morgan fingerprint density at radius 3 is 2.83 bits per heavy atom. The summed E-state index contributed by atoms with van der Waals surface area (Å²) in [4.78, 5) is 10.3. The van der Waals surface area contributed by atoms with Gasteiger partial charge in [0.1, 0.15) is 11.8 Å². The van der Waals surface area contributed by atoms with Crippen LogP contribution < -0.4 is 5.73 Å². The van der Waals surface area contributed by atoms with Gasteiger partial charge in [0, 0.05) is 6.42 Å². The number of hydrogen-bond acceptors (Lipinski definition) is 3. The van der Waals surface area contributed by atoms with Crippen LogP contribution in [0.15, 0.2) is 22.8 Å². The summed E-state index contributed by atoms with van der Waals surface area (Å²) in [5.74, 6) is -0.415. The van der Waals surface area contributed by atoms with E-state index in [2.05, 4.69) is 0 Å². The van der Waals surface area contributed by atoms with Crippen molar-refractivity contribution in [2.75, 3.05) is 0 Å². The van der Waals surface area contributed by atoms with Crippen LogP contribution in [0.4, 0.5) is 0 Å². The van der Waals surface area contributed by atoms with E-state index in [0.29, 0.717) is 5.76 Å². The zero-order valence-corrected chi connectivity index (χ0v) is 7.08. The first-order valence-corrected chi connectivity index (χ1v) is 3.21. The molecule has 1 aromatic rings. The Balaban J connectivity index is 0.00000121. The highest BCUT2D eigenvalue weighted by Crippen LogP contribution is 2.02. The molecule has 1 rings (SSSR count). The first-order chi connectivity index (χ1) is 5.20. The lowest BCUT2D eigenvalue weighted by atomic mass is 10.2. The lowest BCUT2D eigenvalue weighted by Crippen LogP contribution is -2.32. The molecular weight excluding hydrogens is 182 g/mol. The maximum Gasteiger partial charge on any atom is 0.320 e. The lowest BCUT2D eigenvalue weighted by molar-refractivity contribution is -0.138. The van der Waals surface area contributed by atoms with Crippen molar-refractivity contribution in [2.45, 2.75) is 12.5 Å². The molecule has 0 saturated heterocycles. The number of halogens is 1. The second-order valence-corrected chi connectivity index (χ2v) is 2.23. The molecule has 3 N–H and O–H groups in total. The van der Waals surface area contributed by atoms with Gasteiger partial charge >= 0.3 is 5.97 Å². The van der Waals surface area contributed by atoms with Gasteiger partial charge in [-0.3, -0.25) is 4.79 Å². The number of aliphatic carboxylic acids is 1. The average Bonchev–Trinajstić information content (AvgIpc) is 2.39. The minimum atomic E-state index is -1.01. The largest absolute Gasteiger partial charge is 0.480 e. The van der Waals surface area contributed by atoms with E-state index in [9.17, 15) is 4.79 Å². The van der Waals surface area contributed by atoms with Gasteiger partial charge in [-0.15, -0.1) is 12.4 Å². The molecule has 1 atom stereocenters. The molecule has 1 aromatic heterocycles. The molecular formula is C7H10ClNO3. The van der Waals surface area contributed by atoms with Crippen LogP contribution in [-0.2, 0) is 11.2 Å². The normalized spacial score (nSPS) is 11.8. The number of carboxylic acid groups (broad SMARTS) is 1. The SMILES string of the molecule is Cl.NC(Cc1ccco1)C(=O)O. The lowest BCUT2D eigenvalue weighted by Gasteiger charge is -2.01. The highest BCUT2D eigenvalue weighted by Gasteiger charge is 2.12. The molecule has 12 heavy (non-hydrogen) atoms. The molecule has 1 unspecified atom stereocenters. The molecule has 0 aliphatic carbocycles. The molecule has 0 aliphatic heterocycles. The van der Waals surface area contributed by atoms with Crippen molar-refractivity contribution in [3.63, 3.8) is 0 Å². The first-order valence-electron chi connectivity index (χ1n) is 3.21. The number of hydrogen-bond donors (Lipinski definition) is 2. The second-order valence-electron chi connectivity index (χ2n) is 2.23. The maximum absolute atomic E-state index is 10.3. The average molecular weight is 192 g/mol. The summed E-state index contributed by atoms with van der Waals surface area (Å²) in [6, 6.07) is 2.52. The molecule has 0 bridgehead atoms. The van der Waals surface area contributed by atoms with Crippen molar-refractivity contribution < 1.29 is 14.3 Å². The predicted molar refractivity (Wildman–Crippen MR) is 45.3 cm³/mol. The number of carboxylic acids is 1. The zero-order valence-electron chi connectivity index (χ0n) is 6.27. The van der Waals surface area contributed by atoms with Gasteiger partial charge in [-0.2, -0.15) is 0 Å². The summed E-state index contributed by atoms with van der Waals surface area (Å²) in [5.41, 5.74) is 5.25. The minimum absolute atomic E-state index is 0. The van der Waals surface area contributed by atoms with Gasteiger partial charge in [-0.25, -0.2) is 0 Å². The number of furan rings is 1. The summed E-state index contributed by atoms with van der Waals surface area (Å²) in [6.45, 7) is 0. The van der Waals surface area contributed by atoms with E-state index in [4.69, 9.17) is 15.3 Å². The van der Waals surface area contributed by atoms with Crippen LogP contribution in [0.5, 0.6) is 0 Å². The van der Waals surface area contributed by atoms with Crippen LogP contribution in [0, 0.1) is 0 Å². The third kappa shape index (κ3) is 2.94. The summed E-state index contributed by atoms with van der Waals surface area (Å²) < 4.78 is 4.91. The van der Waals surface area contributed by atoms with Crippen LogP contribution >= 0.6 is 12.4 Å². The molecule has 0 aliphatic rings. The molecule has 0 aromatic carbocycles. The van der Waals surface area contributed by atoms with Crippen LogP contribution in [0.3, 0.4) is 0 Å². The third-order valence-corrected chi connectivity index (χ3v) is 1.32. The van der Waals surface area contributed by atoms with E-state index in [1.165, 1.54) is 6.26 Å². The fraction of sp³-hybridized carbons (Fsp3) is 0.286. The Kier molecular flexibility index (Phi) is 4.39. The van der Waals surface area contributed by atoms with Gasteiger partial charge in [0.25, 0.3) is 0 Å². The Morgan fingerprint density at radius 1 is 1.75 bits per heavy atom. The van der Waals surface area contributed by atoms with Gasteiger partial charge < -0.3 is 15.3 Å². The molecule has 0 spiro atoms. The van der Waals surface area contributed by atoms with Crippen molar-refractivity contribution >= 4 is 18.4 Å². The first kappa shape index (κ1) is 11.0.